The van der Waals surface area contributed by atoms with Gasteiger partial charge in [-0.2, -0.15) is 0 Å². The Morgan fingerprint density at radius 2 is 2.29 bits per heavy atom. The lowest BCUT2D eigenvalue weighted by Crippen LogP contribution is -2.51. The Hall–Kier alpha value is -0.610. The van der Waals surface area contributed by atoms with Gasteiger partial charge in [-0.15, -0.1) is 0 Å². The molecule has 3 atom stereocenters. The summed E-state index contributed by atoms with van der Waals surface area (Å²) in [4.78, 5) is 14.4. The van der Waals surface area contributed by atoms with E-state index >= 15 is 0 Å². The number of hydrogen-bond donors (Lipinski definition) is 1. The molecule has 0 saturated carbocycles. The van der Waals surface area contributed by atoms with Gasteiger partial charge >= 0.3 is 0 Å². The minimum Gasteiger partial charge on any atom is -0.381 e. The first kappa shape index (κ1) is 12.8. The van der Waals surface area contributed by atoms with Crippen LogP contribution >= 0.6 is 0 Å². The zero-order valence-corrected chi connectivity index (χ0v) is 10.7. The summed E-state index contributed by atoms with van der Waals surface area (Å²) in [6.07, 6.45) is 4.29. The molecule has 2 N–H and O–H groups in total. The molecule has 2 rings (SSSR count). The van der Waals surface area contributed by atoms with E-state index in [1.807, 2.05) is 4.90 Å². The van der Waals surface area contributed by atoms with Crippen LogP contribution in [0.3, 0.4) is 0 Å². The van der Waals surface area contributed by atoms with Crippen molar-refractivity contribution in [3.63, 3.8) is 0 Å². The van der Waals surface area contributed by atoms with Gasteiger partial charge in [0.2, 0.25) is 5.91 Å². The average molecular weight is 240 g/mol. The molecule has 0 bridgehead atoms. The summed E-state index contributed by atoms with van der Waals surface area (Å²) in [5.41, 5.74) is 5.82. The summed E-state index contributed by atoms with van der Waals surface area (Å²) >= 11 is 0. The second-order valence-corrected chi connectivity index (χ2v) is 5.28. The molecule has 4 nitrogen and oxygen atoms in total. The molecule has 2 fully saturated rings. The van der Waals surface area contributed by atoms with E-state index in [1.54, 1.807) is 0 Å². The van der Waals surface area contributed by atoms with Crippen LogP contribution in [0, 0.1) is 11.8 Å². The van der Waals surface area contributed by atoms with Crippen molar-refractivity contribution in [3.05, 3.63) is 0 Å². The maximum atomic E-state index is 12.4. The first-order valence-electron chi connectivity index (χ1n) is 6.84. The SMILES string of the molecule is CCC1CCN(C(=O)C2CCOC2)C(CN)C1. The minimum atomic E-state index is 0.0854. The lowest BCUT2D eigenvalue weighted by atomic mass is 9.88. The molecule has 0 aromatic heterocycles. The van der Waals surface area contributed by atoms with Crippen LogP contribution in [-0.2, 0) is 9.53 Å². The summed E-state index contributed by atoms with van der Waals surface area (Å²) in [6.45, 7) is 5.03. The van der Waals surface area contributed by atoms with Crippen LogP contribution in [0.15, 0.2) is 0 Å². The van der Waals surface area contributed by atoms with Crippen LogP contribution < -0.4 is 5.73 Å². The maximum absolute atomic E-state index is 12.4. The molecule has 2 aliphatic rings. The van der Waals surface area contributed by atoms with Crippen molar-refractivity contribution in [1.82, 2.24) is 4.90 Å². The van der Waals surface area contributed by atoms with Crippen molar-refractivity contribution in [2.75, 3.05) is 26.3 Å². The molecule has 98 valence electrons. The molecule has 1 amide bonds. The first-order valence-corrected chi connectivity index (χ1v) is 6.84. The number of nitrogens with two attached hydrogens (primary N) is 1. The standard InChI is InChI=1S/C13H24N2O2/c1-2-10-3-5-15(12(7-10)8-14)13(16)11-4-6-17-9-11/h10-12H,2-9,14H2,1H3. The fourth-order valence-electron chi connectivity index (χ4n) is 2.98. The zero-order chi connectivity index (χ0) is 12.3. The van der Waals surface area contributed by atoms with Crippen LogP contribution in [0.2, 0.25) is 0 Å². The summed E-state index contributed by atoms with van der Waals surface area (Å²) in [6, 6.07) is 0.252. The molecule has 4 heteroatoms. The summed E-state index contributed by atoms with van der Waals surface area (Å²) in [5, 5.41) is 0. The predicted octanol–water partition coefficient (Wildman–Crippen LogP) is 0.999. The van der Waals surface area contributed by atoms with Crippen molar-refractivity contribution >= 4 is 5.91 Å². The van der Waals surface area contributed by atoms with E-state index in [0.29, 0.717) is 13.2 Å². The van der Waals surface area contributed by atoms with E-state index in [0.717, 1.165) is 38.3 Å². The number of ether oxygens (including phenoxy) is 1. The van der Waals surface area contributed by atoms with Crippen molar-refractivity contribution in [2.45, 2.75) is 38.6 Å². The van der Waals surface area contributed by atoms with Crippen LogP contribution in [0.5, 0.6) is 0 Å². The summed E-state index contributed by atoms with van der Waals surface area (Å²) in [7, 11) is 0. The van der Waals surface area contributed by atoms with E-state index in [9.17, 15) is 4.79 Å². The van der Waals surface area contributed by atoms with E-state index in [2.05, 4.69) is 6.92 Å². The third-order valence-corrected chi connectivity index (χ3v) is 4.24. The van der Waals surface area contributed by atoms with Crippen LogP contribution in [0.25, 0.3) is 0 Å². The number of rotatable bonds is 3. The Labute approximate surface area is 103 Å². The molecule has 0 aromatic rings. The van der Waals surface area contributed by atoms with Crippen molar-refractivity contribution < 1.29 is 9.53 Å². The fourth-order valence-corrected chi connectivity index (χ4v) is 2.98. The Balaban J connectivity index is 1.96. The van der Waals surface area contributed by atoms with Crippen molar-refractivity contribution in [3.8, 4) is 0 Å². The molecule has 17 heavy (non-hydrogen) atoms. The van der Waals surface area contributed by atoms with Gasteiger partial charge in [-0.1, -0.05) is 13.3 Å². The molecule has 2 aliphatic heterocycles. The number of carbonyl (C=O) groups is 1. The van der Waals surface area contributed by atoms with Crippen LogP contribution in [-0.4, -0.2) is 43.2 Å². The quantitative estimate of drug-likeness (QED) is 0.800. The molecule has 3 unspecified atom stereocenters. The zero-order valence-electron chi connectivity index (χ0n) is 10.7. The molecule has 0 aromatic carbocycles. The fraction of sp³-hybridized carbons (Fsp3) is 0.923. The van der Waals surface area contributed by atoms with Gasteiger partial charge in [0.25, 0.3) is 0 Å². The highest BCUT2D eigenvalue weighted by Crippen LogP contribution is 2.27. The number of hydrogen-bond acceptors (Lipinski definition) is 3. The van der Waals surface area contributed by atoms with E-state index in [4.69, 9.17) is 10.5 Å². The Kier molecular flexibility index (Phi) is 4.40. The normalized spacial score (nSPS) is 34.0. The van der Waals surface area contributed by atoms with E-state index in [1.165, 1.54) is 6.42 Å². The number of nitrogens with zero attached hydrogens (tertiary/aromatic N) is 1. The molecule has 0 spiro atoms. The third-order valence-electron chi connectivity index (χ3n) is 4.24. The van der Waals surface area contributed by atoms with Gasteiger partial charge in [0.15, 0.2) is 0 Å². The molecule has 0 radical (unpaired) electrons. The Morgan fingerprint density at radius 3 is 2.88 bits per heavy atom. The lowest BCUT2D eigenvalue weighted by molar-refractivity contribution is -0.139. The Bertz CT molecular complexity index is 264. The molecule has 2 heterocycles. The van der Waals surface area contributed by atoms with Gasteiger partial charge in [-0.25, -0.2) is 0 Å². The average Bonchev–Trinajstić information content (AvgIpc) is 2.91. The lowest BCUT2D eigenvalue weighted by Gasteiger charge is -2.40. The third kappa shape index (κ3) is 2.80. The minimum absolute atomic E-state index is 0.0854. The highest BCUT2D eigenvalue weighted by atomic mass is 16.5. The number of piperidine rings is 1. The molecule has 2 saturated heterocycles. The van der Waals surface area contributed by atoms with Crippen LogP contribution in [0.1, 0.15) is 32.6 Å². The second-order valence-electron chi connectivity index (χ2n) is 5.28. The van der Waals surface area contributed by atoms with Gasteiger partial charge in [-0.05, 0) is 25.2 Å². The topological polar surface area (TPSA) is 55.6 Å². The van der Waals surface area contributed by atoms with Gasteiger partial charge in [0.1, 0.15) is 0 Å². The van der Waals surface area contributed by atoms with Gasteiger partial charge in [-0.3, -0.25) is 4.79 Å². The first-order chi connectivity index (χ1) is 8.26. The molecular weight excluding hydrogens is 216 g/mol. The number of carbonyl (C=O) groups excluding carboxylic acids is 1. The van der Waals surface area contributed by atoms with E-state index in [-0.39, 0.29) is 17.9 Å². The van der Waals surface area contributed by atoms with Crippen LogP contribution in [0.4, 0.5) is 0 Å². The highest BCUT2D eigenvalue weighted by Gasteiger charge is 2.34. The highest BCUT2D eigenvalue weighted by molar-refractivity contribution is 5.79. The number of amides is 1. The predicted molar refractivity (Wildman–Crippen MR) is 66.5 cm³/mol. The van der Waals surface area contributed by atoms with Crippen molar-refractivity contribution in [1.29, 1.82) is 0 Å². The maximum Gasteiger partial charge on any atom is 0.228 e. The smallest absolute Gasteiger partial charge is 0.228 e. The van der Waals surface area contributed by atoms with Crippen molar-refractivity contribution in [2.24, 2.45) is 17.6 Å². The summed E-state index contributed by atoms with van der Waals surface area (Å²) in [5.74, 6) is 1.10. The van der Waals surface area contributed by atoms with Gasteiger partial charge in [0, 0.05) is 25.7 Å². The molecule has 0 aliphatic carbocycles. The number of likely N-dealkylation sites (tertiary alicyclic amines) is 1. The largest absolute Gasteiger partial charge is 0.381 e. The monoisotopic (exact) mass is 240 g/mol. The summed E-state index contributed by atoms with van der Waals surface area (Å²) < 4.78 is 5.30. The van der Waals surface area contributed by atoms with Gasteiger partial charge < -0.3 is 15.4 Å². The second kappa shape index (κ2) is 5.83. The van der Waals surface area contributed by atoms with Gasteiger partial charge in [0.05, 0.1) is 12.5 Å². The Morgan fingerprint density at radius 1 is 1.47 bits per heavy atom. The van der Waals surface area contributed by atoms with E-state index < -0.39 is 0 Å². The molecular formula is C13H24N2O2.